The highest BCUT2D eigenvalue weighted by Gasteiger charge is 2.29. The zero-order valence-electron chi connectivity index (χ0n) is 23.0. The number of Topliss-reactive ketones (excluding diaryl/α,β-unsaturated/α-hetero) is 1. The molecule has 0 aliphatic carbocycles. The van der Waals surface area contributed by atoms with Crippen LogP contribution in [0.25, 0.3) is 11.2 Å². The molecular weight excluding hydrogens is 500 g/mol. The van der Waals surface area contributed by atoms with Crippen LogP contribution in [0.15, 0.2) is 39.9 Å². The number of benzene rings is 1. The van der Waals surface area contributed by atoms with E-state index >= 15 is 0 Å². The quantitative estimate of drug-likeness (QED) is 0.381. The lowest BCUT2D eigenvalue weighted by atomic mass is 10.1. The number of imidazole rings is 1. The maximum absolute atomic E-state index is 13.7. The predicted octanol–water partition coefficient (Wildman–Crippen LogP) is 2.30. The Labute approximate surface area is 226 Å². The number of fused-ring (bicyclic) bond motifs is 1. The second kappa shape index (κ2) is 11.2. The minimum absolute atomic E-state index is 0.170. The molecule has 4 rings (SSSR count). The molecule has 0 saturated carbocycles. The van der Waals surface area contributed by atoms with E-state index in [2.05, 4.69) is 17.2 Å². The third-order valence-electron chi connectivity index (χ3n) is 6.45. The summed E-state index contributed by atoms with van der Waals surface area (Å²) in [4.78, 5) is 58.8. The van der Waals surface area contributed by atoms with Gasteiger partial charge in [-0.2, -0.15) is 4.98 Å². The minimum atomic E-state index is -0.627. The number of rotatable bonds is 6. The summed E-state index contributed by atoms with van der Waals surface area (Å²) in [5.74, 6) is 5.97. The van der Waals surface area contributed by atoms with Crippen LogP contribution in [0.2, 0.25) is 0 Å². The van der Waals surface area contributed by atoms with Gasteiger partial charge in [-0.1, -0.05) is 36.3 Å². The second-order valence-corrected chi connectivity index (χ2v) is 10.6. The summed E-state index contributed by atoms with van der Waals surface area (Å²) < 4.78 is 9.33. The van der Waals surface area contributed by atoms with Crippen LogP contribution in [0, 0.1) is 11.8 Å². The van der Waals surface area contributed by atoms with Crippen LogP contribution in [-0.4, -0.2) is 55.3 Å². The summed E-state index contributed by atoms with van der Waals surface area (Å²) in [6, 6.07) is 8.35. The molecule has 0 spiro atoms. The van der Waals surface area contributed by atoms with Crippen molar-refractivity contribution in [3.63, 3.8) is 0 Å². The molecule has 1 fully saturated rings. The van der Waals surface area contributed by atoms with Crippen molar-refractivity contribution >= 4 is 29.0 Å². The number of carbonyl (C=O) groups excluding carboxylic acids is 2. The Morgan fingerprint density at radius 3 is 2.54 bits per heavy atom. The van der Waals surface area contributed by atoms with E-state index in [-0.39, 0.29) is 29.5 Å². The normalized spacial score (nSPS) is 15.5. The number of amides is 1. The SMILES string of the molecule is CC#CCn1c(N2CCC[C@@H](NC(=O)OC(C)(C)C)C2)nc2c1c(=O)n(CC(=O)c1ccccc1)c(=O)n2C. The first-order valence-electron chi connectivity index (χ1n) is 12.9. The lowest BCUT2D eigenvalue weighted by Gasteiger charge is -2.34. The number of hydrogen-bond acceptors (Lipinski definition) is 7. The summed E-state index contributed by atoms with van der Waals surface area (Å²) in [5, 5.41) is 2.92. The molecule has 3 heterocycles. The smallest absolute Gasteiger partial charge is 0.407 e. The number of ketones is 1. The lowest BCUT2D eigenvalue weighted by molar-refractivity contribution is 0.0499. The van der Waals surface area contributed by atoms with Crippen LogP contribution >= 0.6 is 0 Å². The summed E-state index contributed by atoms with van der Waals surface area (Å²) in [6.07, 6.45) is 1.04. The molecule has 0 bridgehead atoms. The fourth-order valence-electron chi connectivity index (χ4n) is 4.66. The Hall–Kier alpha value is -4.33. The topological polar surface area (TPSA) is 120 Å². The van der Waals surface area contributed by atoms with Gasteiger partial charge in [-0.05, 0) is 40.5 Å². The van der Waals surface area contributed by atoms with Gasteiger partial charge in [0.2, 0.25) is 5.95 Å². The van der Waals surface area contributed by atoms with Gasteiger partial charge in [-0.25, -0.2) is 9.59 Å². The van der Waals surface area contributed by atoms with Crippen LogP contribution in [-0.2, 0) is 24.9 Å². The summed E-state index contributed by atoms with van der Waals surface area (Å²) in [5.41, 5.74) is -1.03. The van der Waals surface area contributed by atoms with Crippen LogP contribution in [0.5, 0.6) is 0 Å². The predicted molar refractivity (Wildman–Crippen MR) is 148 cm³/mol. The highest BCUT2D eigenvalue weighted by molar-refractivity contribution is 5.96. The van der Waals surface area contributed by atoms with Crippen molar-refractivity contribution in [1.82, 2.24) is 24.0 Å². The van der Waals surface area contributed by atoms with E-state index in [4.69, 9.17) is 9.72 Å². The second-order valence-electron chi connectivity index (χ2n) is 10.6. The molecule has 1 atom stereocenters. The fourth-order valence-corrected chi connectivity index (χ4v) is 4.66. The number of ether oxygens (including phenoxy) is 1. The number of nitrogens with zero attached hydrogens (tertiary/aromatic N) is 5. The number of alkyl carbamates (subject to hydrolysis) is 1. The highest BCUT2D eigenvalue weighted by Crippen LogP contribution is 2.23. The third kappa shape index (κ3) is 6.06. The first kappa shape index (κ1) is 27.7. The highest BCUT2D eigenvalue weighted by atomic mass is 16.6. The van der Waals surface area contributed by atoms with E-state index in [1.165, 1.54) is 11.6 Å². The van der Waals surface area contributed by atoms with E-state index in [0.29, 0.717) is 24.6 Å². The minimum Gasteiger partial charge on any atom is -0.444 e. The van der Waals surface area contributed by atoms with Crippen LogP contribution in [0.3, 0.4) is 0 Å². The fraction of sp³-hybridized carbons (Fsp3) is 0.464. The number of nitrogens with one attached hydrogen (secondary N) is 1. The molecule has 206 valence electrons. The Morgan fingerprint density at radius 2 is 1.87 bits per heavy atom. The average Bonchev–Trinajstić information content (AvgIpc) is 3.28. The van der Waals surface area contributed by atoms with Crippen molar-refractivity contribution in [2.75, 3.05) is 18.0 Å². The Kier molecular flexibility index (Phi) is 7.95. The number of piperidine rings is 1. The Balaban J connectivity index is 1.74. The van der Waals surface area contributed by atoms with E-state index in [9.17, 15) is 19.2 Å². The summed E-state index contributed by atoms with van der Waals surface area (Å²) in [7, 11) is 1.53. The Bertz CT molecular complexity index is 1570. The molecule has 1 saturated heterocycles. The van der Waals surface area contributed by atoms with Gasteiger partial charge >= 0.3 is 11.8 Å². The zero-order valence-corrected chi connectivity index (χ0v) is 23.0. The number of carbonyl (C=O) groups is 2. The molecule has 2 aromatic heterocycles. The third-order valence-corrected chi connectivity index (χ3v) is 6.45. The molecular formula is C28H34N6O5. The van der Waals surface area contributed by atoms with Crippen molar-refractivity contribution in [3.8, 4) is 11.8 Å². The molecule has 1 aliphatic heterocycles. The van der Waals surface area contributed by atoms with E-state index < -0.39 is 29.5 Å². The van der Waals surface area contributed by atoms with Crippen molar-refractivity contribution in [2.45, 2.75) is 65.3 Å². The number of aromatic nitrogens is 4. The molecule has 39 heavy (non-hydrogen) atoms. The van der Waals surface area contributed by atoms with Crippen molar-refractivity contribution in [2.24, 2.45) is 7.05 Å². The molecule has 11 heteroatoms. The van der Waals surface area contributed by atoms with Crippen molar-refractivity contribution in [1.29, 1.82) is 0 Å². The lowest BCUT2D eigenvalue weighted by Crippen LogP contribution is -2.49. The van der Waals surface area contributed by atoms with Gasteiger partial charge in [0.05, 0.1) is 13.1 Å². The van der Waals surface area contributed by atoms with Crippen molar-refractivity contribution < 1.29 is 14.3 Å². The average molecular weight is 535 g/mol. The monoisotopic (exact) mass is 534 g/mol. The van der Waals surface area contributed by atoms with Gasteiger partial charge in [0.1, 0.15) is 5.60 Å². The van der Waals surface area contributed by atoms with E-state index in [1.807, 2.05) is 4.90 Å². The molecule has 0 radical (unpaired) electrons. The van der Waals surface area contributed by atoms with Crippen molar-refractivity contribution in [3.05, 3.63) is 56.7 Å². The molecule has 1 aromatic carbocycles. The van der Waals surface area contributed by atoms with Crippen LogP contribution < -0.4 is 21.5 Å². The standard InChI is InChI=1S/C28H34N6O5/c1-6-7-16-33-22-23(30-25(33)32-15-11-14-20(17-32)29-26(37)39-28(2,3)4)31(5)27(38)34(24(22)36)18-21(35)19-12-9-8-10-13-19/h8-10,12-13,20H,11,14-18H2,1-5H3,(H,29,37)/t20-/m1/s1. The number of hydrogen-bond donors (Lipinski definition) is 1. The van der Waals surface area contributed by atoms with Gasteiger partial charge < -0.3 is 15.0 Å². The number of anilines is 1. The first-order chi connectivity index (χ1) is 18.5. The molecule has 1 N–H and O–H groups in total. The van der Waals surface area contributed by atoms with Crippen LogP contribution in [0.1, 0.15) is 50.9 Å². The van der Waals surface area contributed by atoms with Crippen LogP contribution in [0.4, 0.5) is 10.7 Å². The van der Waals surface area contributed by atoms with Gasteiger partial charge in [0, 0.05) is 31.7 Å². The first-order valence-corrected chi connectivity index (χ1v) is 12.9. The molecule has 1 aliphatic rings. The zero-order chi connectivity index (χ0) is 28.3. The van der Waals surface area contributed by atoms with E-state index in [1.54, 1.807) is 62.6 Å². The summed E-state index contributed by atoms with van der Waals surface area (Å²) in [6.45, 7) is 7.98. The number of aryl methyl sites for hydroxylation is 1. The molecule has 3 aromatic rings. The molecule has 0 unspecified atom stereocenters. The van der Waals surface area contributed by atoms with Gasteiger partial charge in [-0.15, -0.1) is 5.92 Å². The van der Waals surface area contributed by atoms with E-state index in [0.717, 1.165) is 17.4 Å². The largest absolute Gasteiger partial charge is 0.444 e. The Morgan fingerprint density at radius 1 is 1.15 bits per heavy atom. The van der Waals surface area contributed by atoms with Gasteiger partial charge in [0.25, 0.3) is 5.56 Å². The maximum atomic E-state index is 13.7. The summed E-state index contributed by atoms with van der Waals surface area (Å²) >= 11 is 0. The van der Waals surface area contributed by atoms with Gasteiger partial charge in [0.15, 0.2) is 16.9 Å². The maximum Gasteiger partial charge on any atom is 0.407 e. The molecule has 1 amide bonds. The molecule has 11 nitrogen and oxygen atoms in total. The van der Waals surface area contributed by atoms with Gasteiger partial charge in [-0.3, -0.25) is 23.3 Å².